The van der Waals surface area contributed by atoms with Crippen LogP contribution in [0.2, 0.25) is 0 Å². The predicted octanol–water partition coefficient (Wildman–Crippen LogP) is 0.0829. The zero-order valence-electron chi connectivity index (χ0n) is 6.12. The van der Waals surface area contributed by atoms with Gasteiger partial charge < -0.3 is 4.98 Å². The highest BCUT2D eigenvalue weighted by Crippen LogP contribution is 2.00. The fourth-order valence-corrected chi connectivity index (χ4v) is 2.04. The summed E-state index contributed by atoms with van der Waals surface area (Å²) in [5.74, 6) is 0. The van der Waals surface area contributed by atoms with E-state index in [0.717, 1.165) is 0 Å². The van der Waals surface area contributed by atoms with Gasteiger partial charge in [-0.2, -0.15) is 0 Å². The molecule has 2 N–H and O–H groups in total. The standard InChI is InChI=1S/C5H8BrN3O2S/c6-1-2-9-12(10,11)5-3-7-4-8-5/h3-4,9H,1-2H2,(H,7,8). The van der Waals surface area contributed by atoms with Gasteiger partial charge in [-0.25, -0.2) is 18.1 Å². The van der Waals surface area contributed by atoms with Crippen LogP contribution in [-0.4, -0.2) is 30.3 Å². The molecule has 5 nitrogen and oxygen atoms in total. The van der Waals surface area contributed by atoms with Crippen LogP contribution >= 0.6 is 15.9 Å². The lowest BCUT2D eigenvalue weighted by molar-refractivity contribution is 0.581. The molecule has 0 aliphatic heterocycles. The van der Waals surface area contributed by atoms with Crippen LogP contribution in [0.25, 0.3) is 0 Å². The van der Waals surface area contributed by atoms with E-state index in [0.29, 0.717) is 11.9 Å². The normalized spacial score (nSPS) is 11.8. The third-order valence-corrected chi connectivity index (χ3v) is 2.93. The van der Waals surface area contributed by atoms with Crippen LogP contribution in [0.3, 0.4) is 0 Å². The Hall–Kier alpha value is -0.400. The van der Waals surface area contributed by atoms with Gasteiger partial charge in [0, 0.05) is 11.9 Å². The number of hydrogen-bond acceptors (Lipinski definition) is 3. The summed E-state index contributed by atoms with van der Waals surface area (Å²) in [5.41, 5.74) is 0. The van der Waals surface area contributed by atoms with Crippen LogP contribution in [-0.2, 0) is 10.0 Å². The third kappa shape index (κ3) is 2.29. The Labute approximate surface area is 78.8 Å². The molecular formula is C5H8BrN3O2S. The quantitative estimate of drug-likeness (QED) is 0.747. The summed E-state index contributed by atoms with van der Waals surface area (Å²) in [6.45, 7) is 0.362. The van der Waals surface area contributed by atoms with Gasteiger partial charge in [0.1, 0.15) is 0 Å². The Morgan fingerprint density at radius 3 is 2.92 bits per heavy atom. The molecule has 0 aromatic carbocycles. The minimum absolute atomic E-state index is 0.0865. The van der Waals surface area contributed by atoms with Crippen molar-refractivity contribution in [3.8, 4) is 0 Å². The molecule has 7 heteroatoms. The number of aromatic amines is 1. The van der Waals surface area contributed by atoms with Gasteiger partial charge >= 0.3 is 0 Å². The monoisotopic (exact) mass is 253 g/mol. The molecule has 0 radical (unpaired) electrons. The van der Waals surface area contributed by atoms with Gasteiger partial charge in [-0.15, -0.1) is 0 Å². The molecule has 0 atom stereocenters. The summed E-state index contributed by atoms with van der Waals surface area (Å²) in [5, 5.41) is 0.670. The van der Waals surface area contributed by atoms with Crippen LogP contribution in [0.4, 0.5) is 0 Å². The molecule has 0 fully saturated rings. The lowest BCUT2D eigenvalue weighted by atomic mass is 10.8. The molecule has 0 unspecified atom stereocenters. The average molecular weight is 254 g/mol. The lowest BCUT2D eigenvalue weighted by Gasteiger charge is -2.00. The maximum absolute atomic E-state index is 11.2. The van der Waals surface area contributed by atoms with Crippen molar-refractivity contribution in [3.05, 3.63) is 12.5 Å². The molecule has 0 saturated carbocycles. The molecule has 0 spiro atoms. The van der Waals surface area contributed by atoms with Crippen molar-refractivity contribution in [3.63, 3.8) is 0 Å². The van der Waals surface area contributed by atoms with E-state index in [9.17, 15) is 8.42 Å². The van der Waals surface area contributed by atoms with Crippen molar-refractivity contribution in [2.75, 3.05) is 11.9 Å². The topological polar surface area (TPSA) is 74.8 Å². The molecule has 0 aliphatic carbocycles. The van der Waals surface area contributed by atoms with Crippen LogP contribution in [0.5, 0.6) is 0 Å². The zero-order valence-corrected chi connectivity index (χ0v) is 8.52. The molecule has 1 aromatic rings. The molecule has 1 aromatic heterocycles. The highest BCUT2D eigenvalue weighted by molar-refractivity contribution is 9.09. The smallest absolute Gasteiger partial charge is 0.257 e. The number of hydrogen-bond donors (Lipinski definition) is 2. The molecule has 0 aliphatic rings. The van der Waals surface area contributed by atoms with E-state index >= 15 is 0 Å². The van der Waals surface area contributed by atoms with Gasteiger partial charge in [-0.3, -0.25) is 0 Å². The first kappa shape index (κ1) is 9.69. The van der Waals surface area contributed by atoms with Crippen molar-refractivity contribution >= 4 is 26.0 Å². The second kappa shape index (κ2) is 4.01. The number of sulfonamides is 1. The van der Waals surface area contributed by atoms with Crippen LogP contribution in [0.1, 0.15) is 0 Å². The Balaban J connectivity index is 2.74. The van der Waals surface area contributed by atoms with Crippen molar-refractivity contribution in [1.29, 1.82) is 0 Å². The second-order valence-corrected chi connectivity index (χ2v) is 4.53. The molecule has 1 rings (SSSR count). The largest absolute Gasteiger partial charge is 0.335 e. The van der Waals surface area contributed by atoms with Crippen molar-refractivity contribution in [2.24, 2.45) is 0 Å². The first-order chi connectivity index (χ1) is 5.67. The second-order valence-electron chi connectivity index (χ2n) is 2.00. The average Bonchev–Trinajstić information content (AvgIpc) is 2.53. The van der Waals surface area contributed by atoms with Crippen LogP contribution < -0.4 is 4.72 Å². The number of nitrogens with zero attached hydrogens (tertiary/aromatic N) is 1. The molecule has 0 bridgehead atoms. The zero-order chi connectivity index (χ0) is 9.03. The number of halogens is 1. The summed E-state index contributed by atoms with van der Waals surface area (Å²) in [6, 6.07) is 0. The molecule has 68 valence electrons. The highest BCUT2D eigenvalue weighted by Gasteiger charge is 2.13. The predicted molar refractivity (Wildman–Crippen MR) is 47.6 cm³/mol. The van der Waals surface area contributed by atoms with E-state index in [2.05, 4.69) is 30.6 Å². The van der Waals surface area contributed by atoms with E-state index < -0.39 is 10.0 Å². The maximum Gasteiger partial charge on any atom is 0.257 e. The Morgan fingerprint density at radius 1 is 1.67 bits per heavy atom. The van der Waals surface area contributed by atoms with Gasteiger partial charge in [-0.05, 0) is 0 Å². The van der Waals surface area contributed by atoms with Gasteiger partial charge in [0.05, 0.1) is 12.5 Å². The van der Waals surface area contributed by atoms with Crippen molar-refractivity contribution in [2.45, 2.75) is 5.03 Å². The molecule has 12 heavy (non-hydrogen) atoms. The Bertz CT molecular complexity index is 320. The number of imidazole rings is 1. The molecular weight excluding hydrogens is 246 g/mol. The summed E-state index contributed by atoms with van der Waals surface area (Å²) < 4.78 is 24.9. The van der Waals surface area contributed by atoms with Crippen molar-refractivity contribution in [1.82, 2.24) is 14.7 Å². The van der Waals surface area contributed by atoms with E-state index in [4.69, 9.17) is 0 Å². The number of rotatable bonds is 4. The molecule has 0 amide bonds. The Kier molecular flexibility index (Phi) is 3.24. The van der Waals surface area contributed by atoms with Gasteiger partial charge in [0.25, 0.3) is 10.0 Å². The summed E-state index contributed by atoms with van der Waals surface area (Å²) >= 11 is 3.11. The first-order valence-corrected chi connectivity index (χ1v) is 5.81. The van der Waals surface area contributed by atoms with Gasteiger partial charge in [0.15, 0.2) is 5.03 Å². The fraction of sp³-hybridized carbons (Fsp3) is 0.400. The summed E-state index contributed by atoms with van der Waals surface area (Å²) in [4.78, 5) is 6.12. The van der Waals surface area contributed by atoms with Gasteiger partial charge in [0.2, 0.25) is 0 Å². The minimum Gasteiger partial charge on any atom is -0.335 e. The fourth-order valence-electron chi connectivity index (χ4n) is 0.641. The third-order valence-electron chi connectivity index (χ3n) is 1.15. The highest BCUT2D eigenvalue weighted by atomic mass is 79.9. The Morgan fingerprint density at radius 2 is 2.42 bits per heavy atom. The molecule has 0 saturated heterocycles. The summed E-state index contributed by atoms with van der Waals surface area (Å²) in [7, 11) is -3.38. The number of H-pyrrole nitrogens is 1. The van der Waals surface area contributed by atoms with Gasteiger partial charge in [-0.1, -0.05) is 15.9 Å². The van der Waals surface area contributed by atoms with Crippen molar-refractivity contribution < 1.29 is 8.42 Å². The molecule has 1 heterocycles. The van der Waals surface area contributed by atoms with Crippen LogP contribution in [0.15, 0.2) is 17.6 Å². The van der Waals surface area contributed by atoms with E-state index in [-0.39, 0.29) is 5.03 Å². The first-order valence-electron chi connectivity index (χ1n) is 3.21. The summed E-state index contributed by atoms with van der Waals surface area (Å²) in [6.07, 6.45) is 2.58. The SMILES string of the molecule is O=S(=O)(NCCBr)c1cnc[nH]1. The number of nitrogens with one attached hydrogen (secondary N) is 2. The number of aromatic nitrogens is 2. The van der Waals surface area contributed by atoms with Crippen LogP contribution in [0, 0.1) is 0 Å². The van der Waals surface area contributed by atoms with E-state index in [1.165, 1.54) is 12.5 Å². The van der Waals surface area contributed by atoms with E-state index in [1.54, 1.807) is 0 Å². The minimum atomic E-state index is -3.38. The number of alkyl halides is 1. The lowest BCUT2D eigenvalue weighted by Crippen LogP contribution is -2.25. The maximum atomic E-state index is 11.2. The van der Waals surface area contributed by atoms with E-state index in [1.807, 2.05) is 0 Å².